The van der Waals surface area contributed by atoms with E-state index in [-0.39, 0.29) is 6.10 Å². The summed E-state index contributed by atoms with van der Waals surface area (Å²) in [4.78, 5) is 2.35. The van der Waals surface area contributed by atoms with Crippen molar-refractivity contribution in [1.82, 2.24) is 10.2 Å². The number of ether oxygens (including phenoxy) is 1. The molecule has 132 valence electrons. The van der Waals surface area contributed by atoms with Crippen LogP contribution in [0, 0.1) is 0 Å². The number of benzene rings is 2. The maximum Gasteiger partial charge on any atom is 0.122 e. The van der Waals surface area contributed by atoms with Gasteiger partial charge in [-0.15, -0.1) is 0 Å². The Hall–Kier alpha value is -1.88. The topological polar surface area (TPSA) is 44.7 Å². The summed E-state index contributed by atoms with van der Waals surface area (Å²) in [5.41, 5.74) is 5.40. The van der Waals surface area contributed by atoms with Gasteiger partial charge in [0.2, 0.25) is 0 Å². The highest BCUT2D eigenvalue weighted by Crippen LogP contribution is 2.25. The molecule has 2 aromatic carbocycles. The van der Waals surface area contributed by atoms with Crippen molar-refractivity contribution >= 4 is 0 Å². The third-order valence-electron chi connectivity index (χ3n) is 5.14. The lowest BCUT2D eigenvalue weighted by atomic mass is 10.00. The molecule has 0 saturated heterocycles. The Morgan fingerprint density at radius 3 is 2.88 bits per heavy atom. The zero-order valence-corrected chi connectivity index (χ0v) is 14.6. The van der Waals surface area contributed by atoms with Gasteiger partial charge in [-0.1, -0.05) is 36.4 Å². The predicted octanol–water partition coefficient (Wildman–Crippen LogP) is 2.13. The Morgan fingerprint density at radius 1 is 1.08 bits per heavy atom. The Bertz CT molecular complexity index is 732. The average Bonchev–Trinajstić information content (AvgIpc) is 3.09. The largest absolute Gasteiger partial charge is 0.493 e. The molecule has 0 aromatic heterocycles. The first-order chi connectivity index (χ1) is 12.3. The van der Waals surface area contributed by atoms with Gasteiger partial charge in [-0.25, -0.2) is 0 Å². The number of nitrogens with one attached hydrogen (secondary N) is 1. The highest BCUT2D eigenvalue weighted by molar-refractivity contribution is 5.39. The molecule has 0 radical (unpaired) electrons. The first kappa shape index (κ1) is 16.6. The predicted molar refractivity (Wildman–Crippen MR) is 98.8 cm³/mol. The van der Waals surface area contributed by atoms with Crippen LogP contribution < -0.4 is 10.1 Å². The molecule has 4 heteroatoms. The van der Waals surface area contributed by atoms with Crippen molar-refractivity contribution in [3.05, 3.63) is 64.7 Å². The van der Waals surface area contributed by atoms with Crippen molar-refractivity contribution in [1.29, 1.82) is 0 Å². The summed E-state index contributed by atoms with van der Waals surface area (Å²) in [6.45, 7) is 4.89. The molecule has 0 aliphatic carbocycles. The first-order valence-electron chi connectivity index (χ1n) is 9.20. The summed E-state index contributed by atoms with van der Waals surface area (Å²) < 4.78 is 5.54. The van der Waals surface area contributed by atoms with E-state index >= 15 is 0 Å². The summed E-state index contributed by atoms with van der Waals surface area (Å²) in [5, 5.41) is 13.7. The molecule has 2 aliphatic rings. The van der Waals surface area contributed by atoms with Crippen molar-refractivity contribution in [2.75, 3.05) is 26.2 Å². The minimum Gasteiger partial charge on any atom is -0.493 e. The van der Waals surface area contributed by atoms with Crippen molar-refractivity contribution in [3.63, 3.8) is 0 Å². The number of fused-ring (bicyclic) bond motifs is 2. The molecule has 0 saturated carbocycles. The fourth-order valence-electron chi connectivity index (χ4n) is 3.81. The van der Waals surface area contributed by atoms with Crippen LogP contribution >= 0.6 is 0 Å². The van der Waals surface area contributed by atoms with E-state index in [0.29, 0.717) is 6.54 Å². The third-order valence-corrected chi connectivity index (χ3v) is 5.14. The van der Waals surface area contributed by atoms with Crippen molar-refractivity contribution < 1.29 is 9.84 Å². The SMILES string of the molecule is O[C@H](CNCc1ccc2c(c1)CCO2)CN1CCc2ccccc2C1. The van der Waals surface area contributed by atoms with Crippen LogP contribution in [0.3, 0.4) is 0 Å². The van der Waals surface area contributed by atoms with Gasteiger partial charge in [0.1, 0.15) is 5.75 Å². The van der Waals surface area contributed by atoms with Gasteiger partial charge in [0.15, 0.2) is 0 Å². The van der Waals surface area contributed by atoms with E-state index in [1.165, 1.54) is 22.3 Å². The van der Waals surface area contributed by atoms with Crippen LogP contribution in [0.1, 0.15) is 22.3 Å². The summed E-state index contributed by atoms with van der Waals surface area (Å²) >= 11 is 0. The number of rotatable bonds is 6. The standard InChI is InChI=1S/C21H26N2O2/c24-20(15-23-9-7-17-3-1-2-4-19(17)14-23)13-22-12-16-5-6-21-18(11-16)8-10-25-21/h1-6,11,20,22,24H,7-10,12-15H2/t20-/m1/s1. The van der Waals surface area contributed by atoms with Crippen LogP contribution in [0.2, 0.25) is 0 Å². The molecule has 0 fully saturated rings. The summed E-state index contributed by atoms with van der Waals surface area (Å²) in [6, 6.07) is 15.0. The fraction of sp³-hybridized carbons (Fsp3) is 0.429. The van der Waals surface area contributed by atoms with Crippen LogP contribution in [0.5, 0.6) is 5.75 Å². The lowest BCUT2D eigenvalue weighted by Gasteiger charge is -2.30. The van der Waals surface area contributed by atoms with Crippen LogP contribution in [-0.4, -0.2) is 42.4 Å². The molecule has 0 bridgehead atoms. The molecule has 2 heterocycles. The van der Waals surface area contributed by atoms with Gasteiger partial charge in [-0.05, 0) is 34.7 Å². The van der Waals surface area contributed by atoms with E-state index in [4.69, 9.17) is 4.74 Å². The number of hydrogen-bond donors (Lipinski definition) is 2. The molecule has 2 N–H and O–H groups in total. The van der Waals surface area contributed by atoms with E-state index in [2.05, 4.69) is 52.7 Å². The molecule has 2 aliphatic heterocycles. The van der Waals surface area contributed by atoms with Gasteiger partial charge >= 0.3 is 0 Å². The van der Waals surface area contributed by atoms with Gasteiger partial charge in [0.25, 0.3) is 0 Å². The second-order valence-electron chi connectivity index (χ2n) is 7.08. The minimum absolute atomic E-state index is 0.344. The first-order valence-corrected chi connectivity index (χ1v) is 9.20. The highest BCUT2D eigenvalue weighted by atomic mass is 16.5. The van der Waals surface area contributed by atoms with Gasteiger partial charge in [0, 0.05) is 39.1 Å². The third kappa shape index (κ3) is 4.03. The van der Waals surface area contributed by atoms with Crippen LogP contribution in [0.25, 0.3) is 0 Å². The maximum absolute atomic E-state index is 10.4. The van der Waals surface area contributed by atoms with Gasteiger partial charge in [-0.3, -0.25) is 4.90 Å². The molecule has 25 heavy (non-hydrogen) atoms. The molecule has 4 rings (SSSR count). The normalized spacial score (nSPS) is 17.6. The zero-order chi connectivity index (χ0) is 17.1. The number of aliphatic hydroxyl groups excluding tert-OH is 1. The average molecular weight is 338 g/mol. The monoisotopic (exact) mass is 338 g/mol. The van der Waals surface area contributed by atoms with Crippen LogP contribution in [0.4, 0.5) is 0 Å². The Labute approximate surface area is 149 Å². The van der Waals surface area contributed by atoms with E-state index in [0.717, 1.165) is 51.4 Å². The van der Waals surface area contributed by atoms with Crippen molar-refractivity contribution in [3.8, 4) is 5.75 Å². The number of nitrogens with zero attached hydrogens (tertiary/aromatic N) is 1. The molecule has 2 aromatic rings. The van der Waals surface area contributed by atoms with Crippen molar-refractivity contribution in [2.45, 2.75) is 32.0 Å². The molecular formula is C21H26N2O2. The molecule has 4 nitrogen and oxygen atoms in total. The molecule has 0 unspecified atom stereocenters. The Kier molecular flexibility index (Phi) is 5.02. The minimum atomic E-state index is -0.344. The Morgan fingerprint density at radius 2 is 1.96 bits per heavy atom. The van der Waals surface area contributed by atoms with Gasteiger partial charge in [0.05, 0.1) is 12.7 Å². The summed E-state index contributed by atoms with van der Waals surface area (Å²) in [7, 11) is 0. The molecule has 1 atom stereocenters. The number of hydrogen-bond acceptors (Lipinski definition) is 4. The fourth-order valence-corrected chi connectivity index (χ4v) is 3.81. The summed E-state index contributed by atoms with van der Waals surface area (Å²) in [5.74, 6) is 1.02. The quantitative estimate of drug-likeness (QED) is 0.847. The lowest BCUT2D eigenvalue weighted by molar-refractivity contribution is 0.104. The lowest BCUT2D eigenvalue weighted by Crippen LogP contribution is -2.40. The molecule has 0 amide bonds. The summed E-state index contributed by atoms with van der Waals surface area (Å²) in [6.07, 6.45) is 1.73. The van der Waals surface area contributed by atoms with Crippen LogP contribution in [-0.2, 0) is 25.9 Å². The van der Waals surface area contributed by atoms with E-state index in [9.17, 15) is 5.11 Å². The second-order valence-corrected chi connectivity index (χ2v) is 7.08. The van der Waals surface area contributed by atoms with E-state index in [1.807, 2.05) is 0 Å². The maximum atomic E-state index is 10.4. The second kappa shape index (κ2) is 7.56. The molecule has 0 spiro atoms. The number of aliphatic hydroxyl groups is 1. The zero-order valence-electron chi connectivity index (χ0n) is 14.6. The van der Waals surface area contributed by atoms with Crippen LogP contribution in [0.15, 0.2) is 42.5 Å². The van der Waals surface area contributed by atoms with Gasteiger partial charge < -0.3 is 15.2 Å². The van der Waals surface area contributed by atoms with Crippen molar-refractivity contribution in [2.24, 2.45) is 0 Å². The highest BCUT2D eigenvalue weighted by Gasteiger charge is 2.18. The Balaban J connectivity index is 1.23. The smallest absolute Gasteiger partial charge is 0.122 e. The number of β-amino-alcohol motifs (C(OH)–C–C–N with tert-alkyl or cyclic N) is 1. The molecular weight excluding hydrogens is 312 g/mol. The van der Waals surface area contributed by atoms with Gasteiger partial charge in [-0.2, -0.15) is 0 Å². The van der Waals surface area contributed by atoms with E-state index in [1.54, 1.807) is 0 Å². The van der Waals surface area contributed by atoms with E-state index < -0.39 is 0 Å².